The van der Waals surface area contributed by atoms with Gasteiger partial charge in [-0.15, -0.1) is 0 Å². The van der Waals surface area contributed by atoms with Gasteiger partial charge in [0.25, 0.3) is 0 Å². The molecular formula is C2H2MgMnO8Zn. The Hall–Kier alpha value is 0.369. The van der Waals surface area contributed by atoms with Crippen LogP contribution in [0.15, 0.2) is 0 Å². The summed E-state index contributed by atoms with van der Waals surface area (Å²) in [6.45, 7) is 0. The van der Waals surface area contributed by atoms with Gasteiger partial charge in [0, 0.05) is 0 Å². The normalized spacial score (nSPS) is 3.69. The summed E-state index contributed by atoms with van der Waals surface area (Å²) in [5.41, 5.74) is 0. The van der Waals surface area contributed by atoms with Crippen molar-refractivity contribution in [1.82, 2.24) is 0 Å². The predicted octanol–water partition coefficient (Wildman–Crippen LogP) is -5.63. The van der Waals surface area contributed by atoms with Gasteiger partial charge in [-0.2, -0.15) is 0 Å². The van der Waals surface area contributed by atoms with Crippen molar-refractivity contribution in [1.29, 1.82) is 0 Å². The summed E-state index contributed by atoms with van der Waals surface area (Å²) in [6.07, 6.45) is -4.67. The molecule has 0 aromatic carbocycles. The first-order chi connectivity index (χ1) is 3.46. The molecule has 0 fully saturated rings. The minimum absolute atomic E-state index is 0. The van der Waals surface area contributed by atoms with E-state index in [0.29, 0.717) is 0 Å². The van der Waals surface area contributed by atoms with Crippen molar-refractivity contribution in [3.8, 4) is 0 Å². The Morgan fingerprint density at radius 1 is 0.769 bits per heavy atom. The minimum Gasteiger partial charge on any atom is -0.870 e. The van der Waals surface area contributed by atoms with Crippen molar-refractivity contribution in [2.75, 3.05) is 0 Å². The van der Waals surface area contributed by atoms with Gasteiger partial charge in [0.1, 0.15) is 0 Å². The molecule has 0 aromatic rings. The second-order valence-corrected chi connectivity index (χ2v) is 0.500. The summed E-state index contributed by atoms with van der Waals surface area (Å²) in [6, 6.07) is 0. The van der Waals surface area contributed by atoms with Crippen molar-refractivity contribution < 1.29 is 77.5 Å². The number of hydrogen-bond acceptors (Lipinski definition) is 8. The van der Waals surface area contributed by atoms with Gasteiger partial charge in [0.2, 0.25) is 0 Å². The fourth-order valence-corrected chi connectivity index (χ4v) is 0. The van der Waals surface area contributed by atoms with E-state index in [-0.39, 0.29) is 70.6 Å². The van der Waals surface area contributed by atoms with Crippen molar-refractivity contribution in [3.05, 3.63) is 0 Å². The van der Waals surface area contributed by atoms with Crippen molar-refractivity contribution in [2.45, 2.75) is 0 Å². The Morgan fingerprint density at radius 3 is 0.769 bits per heavy atom. The van der Waals surface area contributed by atoms with E-state index < -0.39 is 12.3 Å². The smallest absolute Gasteiger partial charge is 0.870 e. The summed E-state index contributed by atoms with van der Waals surface area (Å²) in [5, 5.41) is 33.3. The van der Waals surface area contributed by atoms with Crippen LogP contribution in [0.4, 0.5) is 9.59 Å². The zero-order chi connectivity index (χ0) is 7.15. The Kier molecular flexibility index (Phi) is 153. The quantitative estimate of drug-likeness (QED) is 0.395. The molecule has 0 aliphatic heterocycles. The van der Waals surface area contributed by atoms with Crippen LogP contribution in [0.3, 0.4) is 0 Å². The Balaban J connectivity index is -0.00000000800. The first-order valence-corrected chi connectivity index (χ1v) is 1.22. The fraction of sp³-hybridized carbons (Fsp3) is 0. The maximum Gasteiger partial charge on any atom is 2.00 e. The van der Waals surface area contributed by atoms with Crippen molar-refractivity contribution in [3.63, 3.8) is 0 Å². The van der Waals surface area contributed by atoms with Gasteiger partial charge in [-0.3, -0.25) is 0 Å². The molecule has 2 N–H and O–H groups in total. The molecule has 0 saturated heterocycles. The number of rotatable bonds is 0. The van der Waals surface area contributed by atoms with Crippen LogP contribution in [0, 0.1) is 0 Å². The summed E-state index contributed by atoms with van der Waals surface area (Å²) < 4.78 is 0. The van der Waals surface area contributed by atoms with E-state index in [1.54, 1.807) is 0 Å². The topological polar surface area (TPSA) is 186 Å². The number of carboxylic acid groups (broad SMARTS) is 4. The van der Waals surface area contributed by atoms with E-state index in [1.165, 1.54) is 0 Å². The molecule has 0 aliphatic rings. The summed E-state index contributed by atoms with van der Waals surface area (Å²) >= 11 is 0. The Morgan fingerprint density at radius 2 is 0.769 bits per heavy atom. The molecule has 0 atom stereocenters. The Labute approximate surface area is 112 Å². The van der Waals surface area contributed by atoms with Crippen LogP contribution in [0.5, 0.6) is 0 Å². The Bertz CT molecular complexity index is 80.1. The van der Waals surface area contributed by atoms with Gasteiger partial charge < -0.3 is 41.0 Å². The van der Waals surface area contributed by atoms with Crippen molar-refractivity contribution in [2.24, 2.45) is 0 Å². The number of carbonyl (C=O) groups is 2. The number of hydrogen-bond donors (Lipinski definition) is 0. The fourth-order valence-electron chi connectivity index (χ4n) is 0. The van der Waals surface area contributed by atoms with Gasteiger partial charge in [-0.25, -0.2) is 0 Å². The monoisotopic (exact) mass is 297 g/mol. The third kappa shape index (κ3) is 9760. The van der Waals surface area contributed by atoms with E-state index in [2.05, 4.69) is 0 Å². The molecule has 0 saturated carbocycles. The molecule has 0 rings (SSSR count). The molecule has 0 aliphatic carbocycles. The van der Waals surface area contributed by atoms with Crippen LogP contribution in [-0.4, -0.2) is 46.3 Å². The minimum atomic E-state index is -2.33. The van der Waals surface area contributed by atoms with E-state index in [9.17, 15) is 0 Å². The predicted molar refractivity (Wildman–Crippen MR) is 20.4 cm³/mol. The standard InChI is InChI=1S/2CH2O3.Mg.Mn.2H2O.Zn/c2*2-1(3)4;;;;;/h2*(H2,2,3,4);;;2*1H2;/q;;2*+2;;;+2/p-6. The van der Waals surface area contributed by atoms with E-state index in [0.717, 1.165) is 0 Å². The third-order valence-electron chi connectivity index (χ3n) is 0. The van der Waals surface area contributed by atoms with Gasteiger partial charge >= 0.3 is 59.6 Å². The molecule has 0 heterocycles. The molecule has 0 amide bonds. The van der Waals surface area contributed by atoms with Gasteiger partial charge in [0.15, 0.2) is 0 Å². The summed E-state index contributed by atoms with van der Waals surface area (Å²) in [5.74, 6) is 0. The maximum atomic E-state index is 8.33. The molecule has 8 nitrogen and oxygen atoms in total. The zero-order valence-corrected chi connectivity index (χ0v) is 11.7. The van der Waals surface area contributed by atoms with Crippen LogP contribution in [-0.2, 0) is 36.5 Å². The van der Waals surface area contributed by atoms with E-state index in [4.69, 9.17) is 30.0 Å². The molecule has 0 bridgehead atoms. The van der Waals surface area contributed by atoms with Crippen LogP contribution < -0.4 is 20.4 Å². The SMILES string of the molecule is O=C([O-])[O-].O=C([O-])[O-].[Mg+2].[Mn+2].[OH-].[OH-].[Zn+2]. The molecule has 13 heavy (non-hydrogen) atoms. The average molecular weight is 299 g/mol. The second kappa shape index (κ2) is 39.4. The van der Waals surface area contributed by atoms with Crippen molar-refractivity contribution >= 4 is 35.4 Å². The van der Waals surface area contributed by atoms with Crippen LogP contribution in [0.2, 0.25) is 0 Å². The second-order valence-electron chi connectivity index (χ2n) is 0.500. The summed E-state index contributed by atoms with van der Waals surface area (Å²) in [4.78, 5) is 16.7. The van der Waals surface area contributed by atoms with E-state index >= 15 is 0 Å². The van der Waals surface area contributed by atoms with Gasteiger partial charge in [0.05, 0.1) is 0 Å². The molecule has 0 spiro atoms. The van der Waals surface area contributed by atoms with Crippen LogP contribution in [0.25, 0.3) is 0 Å². The number of carbonyl (C=O) groups excluding carboxylic acids is 2. The van der Waals surface area contributed by atoms with Crippen LogP contribution in [0.1, 0.15) is 0 Å². The van der Waals surface area contributed by atoms with Gasteiger partial charge in [-0.1, -0.05) is 0 Å². The van der Waals surface area contributed by atoms with Crippen LogP contribution >= 0.6 is 0 Å². The zero-order valence-electron chi connectivity index (χ0n) is 6.14. The molecule has 11 heteroatoms. The largest absolute Gasteiger partial charge is 2.00 e. The first-order valence-electron chi connectivity index (χ1n) is 1.22. The molecule has 69 valence electrons. The molecule has 0 unspecified atom stereocenters. The molecule has 0 aromatic heterocycles. The average Bonchev–Trinajstić information content (AvgIpc) is 1.25. The third-order valence-corrected chi connectivity index (χ3v) is 0. The van der Waals surface area contributed by atoms with E-state index in [1.807, 2.05) is 0 Å². The first kappa shape index (κ1) is 50.4. The molecule has 1 radical (unpaired) electrons. The summed E-state index contributed by atoms with van der Waals surface area (Å²) in [7, 11) is 0. The molecular weight excluding hydrogens is 297 g/mol. The van der Waals surface area contributed by atoms with Gasteiger partial charge in [-0.05, 0) is 12.3 Å². The maximum absolute atomic E-state index is 8.33.